The lowest BCUT2D eigenvalue weighted by atomic mass is 10.2. The molecule has 0 unspecified atom stereocenters. The predicted molar refractivity (Wildman–Crippen MR) is 76.6 cm³/mol. The van der Waals surface area contributed by atoms with E-state index in [4.69, 9.17) is 11.5 Å². The topological polar surface area (TPSA) is 70.9 Å². The molecule has 0 saturated carbocycles. The lowest BCUT2D eigenvalue weighted by Crippen LogP contribution is -2.49. The summed E-state index contributed by atoms with van der Waals surface area (Å²) >= 11 is 0. The molecule has 1 heterocycles. The number of hydrogen-bond acceptors (Lipinski definition) is 3. The molecule has 0 aliphatic carbocycles. The number of halogens is 3. The maximum Gasteiger partial charge on any atom is 0.401 e. The molecule has 1 aliphatic rings. The molecule has 0 atom stereocenters. The molecule has 0 amide bonds. The van der Waals surface area contributed by atoms with E-state index >= 15 is 0 Å². The summed E-state index contributed by atoms with van der Waals surface area (Å²) < 4.78 is 37.0. The summed E-state index contributed by atoms with van der Waals surface area (Å²) in [6.45, 7) is 1.09. The van der Waals surface area contributed by atoms with Crippen molar-refractivity contribution in [2.24, 2.45) is 16.5 Å². The fraction of sp³-hybridized carbons (Fsp3) is 0.462. The lowest BCUT2D eigenvalue weighted by molar-refractivity contribution is -0.146. The first kappa shape index (κ1) is 15.4. The van der Waals surface area contributed by atoms with Gasteiger partial charge in [-0.25, -0.2) is 4.99 Å². The first-order valence-corrected chi connectivity index (χ1v) is 6.57. The zero-order valence-corrected chi connectivity index (χ0v) is 11.5. The van der Waals surface area contributed by atoms with Gasteiger partial charge in [0.2, 0.25) is 0 Å². The van der Waals surface area contributed by atoms with Crippen molar-refractivity contribution in [1.82, 2.24) is 4.90 Å². The number of piperazine rings is 1. The van der Waals surface area contributed by atoms with Crippen molar-refractivity contribution in [2.45, 2.75) is 6.18 Å². The molecule has 1 fully saturated rings. The van der Waals surface area contributed by atoms with Crippen LogP contribution in [0.5, 0.6) is 0 Å². The van der Waals surface area contributed by atoms with Crippen LogP contribution in [0.1, 0.15) is 0 Å². The van der Waals surface area contributed by atoms with E-state index in [9.17, 15) is 13.2 Å². The number of guanidine groups is 1. The number of rotatable bonds is 3. The molecule has 0 radical (unpaired) electrons. The number of nitrogens with zero attached hydrogens (tertiary/aromatic N) is 3. The van der Waals surface area contributed by atoms with E-state index < -0.39 is 12.7 Å². The highest BCUT2D eigenvalue weighted by Gasteiger charge is 2.32. The van der Waals surface area contributed by atoms with Gasteiger partial charge >= 0.3 is 6.18 Å². The molecule has 0 aromatic heterocycles. The number of hydrogen-bond donors (Lipinski definition) is 2. The van der Waals surface area contributed by atoms with Gasteiger partial charge in [0, 0.05) is 31.9 Å². The standard InChI is InChI=1S/C13H18F3N5/c14-13(15,16)9-20-5-7-21(8-6-20)11-3-1-10(2-4-11)19-12(17)18/h1-4H,5-9H2,(H4,17,18,19). The normalized spacial score (nSPS) is 16.8. The molecule has 116 valence electrons. The van der Waals surface area contributed by atoms with Crippen molar-refractivity contribution < 1.29 is 13.2 Å². The molecular weight excluding hydrogens is 283 g/mol. The molecule has 0 bridgehead atoms. The van der Waals surface area contributed by atoms with Crippen LogP contribution in [0.25, 0.3) is 0 Å². The number of benzene rings is 1. The first-order valence-electron chi connectivity index (χ1n) is 6.57. The Morgan fingerprint density at radius 1 is 1.05 bits per heavy atom. The molecule has 21 heavy (non-hydrogen) atoms. The van der Waals surface area contributed by atoms with Gasteiger partial charge in [-0.15, -0.1) is 0 Å². The van der Waals surface area contributed by atoms with Gasteiger partial charge in [-0.1, -0.05) is 0 Å². The third-order valence-electron chi connectivity index (χ3n) is 3.25. The van der Waals surface area contributed by atoms with Crippen LogP contribution in [-0.2, 0) is 0 Å². The van der Waals surface area contributed by atoms with Gasteiger partial charge in [0.15, 0.2) is 5.96 Å². The lowest BCUT2D eigenvalue weighted by Gasteiger charge is -2.36. The van der Waals surface area contributed by atoms with Gasteiger partial charge in [0.1, 0.15) is 0 Å². The van der Waals surface area contributed by atoms with Crippen LogP contribution in [-0.4, -0.2) is 49.8 Å². The number of nitrogens with two attached hydrogens (primary N) is 2. The number of aliphatic imine (C=N–C) groups is 1. The van der Waals surface area contributed by atoms with Gasteiger partial charge in [-0.05, 0) is 24.3 Å². The summed E-state index contributed by atoms with van der Waals surface area (Å²) in [5.41, 5.74) is 12.2. The highest BCUT2D eigenvalue weighted by Crippen LogP contribution is 2.22. The molecule has 1 saturated heterocycles. The molecule has 1 aromatic carbocycles. The minimum absolute atomic E-state index is 0.0106. The van der Waals surface area contributed by atoms with E-state index in [2.05, 4.69) is 4.99 Å². The summed E-state index contributed by atoms with van der Waals surface area (Å²) in [6, 6.07) is 7.27. The third-order valence-corrected chi connectivity index (χ3v) is 3.25. The van der Waals surface area contributed by atoms with Crippen LogP contribution in [0.15, 0.2) is 29.3 Å². The van der Waals surface area contributed by atoms with Gasteiger partial charge < -0.3 is 16.4 Å². The fourth-order valence-electron chi connectivity index (χ4n) is 2.30. The molecule has 4 N–H and O–H groups in total. The van der Waals surface area contributed by atoms with Crippen molar-refractivity contribution in [3.63, 3.8) is 0 Å². The van der Waals surface area contributed by atoms with Gasteiger partial charge in [-0.3, -0.25) is 4.90 Å². The van der Waals surface area contributed by atoms with Crippen molar-refractivity contribution >= 4 is 17.3 Å². The average Bonchev–Trinajstić information content (AvgIpc) is 2.38. The SMILES string of the molecule is NC(N)=Nc1ccc(N2CCN(CC(F)(F)F)CC2)cc1. The molecule has 0 spiro atoms. The summed E-state index contributed by atoms with van der Waals surface area (Å²) in [7, 11) is 0. The molecule has 8 heteroatoms. The summed E-state index contributed by atoms with van der Waals surface area (Å²) in [5, 5.41) is 0. The van der Waals surface area contributed by atoms with Crippen LogP contribution in [0, 0.1) is 0 Å². The second kappa shape index (κ2) is 6.21. The first-order chi connectivity index (χ1) is 9.83. The highest BCUT2D eigenvalue weighted by molar-refractivity contribution is 5.79. The Morgan fingerprint density at radius 2 is 1.62 bits per heavy atom. The van der Waals surface area contributed by atoms with Crippen LogP contribution in [0.2, 0.25) is 0 Å². The summed E-state index contributed by atoms with van der Waals surface area (Å²) in [4.78, 5) is 7.39. The molecule has 5 nitrogen and oxygen atoms in total. The zero-order valence-electron chi connectivity index (χ0n) is 11.5. The van der Waals surface area contributed by atoms with Crippen LogP contribution < -0.4 is 16.4 Å². The third kappa shape index (κ3) is 4.82. The fourth-order valence-corrected chi connectivity index (χ4v) is 2.30. The Balaban J connectivity index is 1.92. The summed E-state index contributed by atoms with van der Waals surface area (Å²) in [5.74, 6) is -0.0106. The van der Waals surface area contributed by atoms with E-state index in [-0.39, 0.29) is 5.96 Å². The maximum absolute atomic E-state index is 12.3. The Kier molecular flexibility index (Phi) is 4.56. The van der Waals surface area contributed by atoms with Crippen LogP contribution in [0.3, 0.4) is 0 Å². The Labute approximate surface area is 121 Å². The van der Waals surface area contributed by atoms with Crippen molar-refractivity contribution in [1.29, 1.82) is 0 Å². The number of anilines is 1. The van der Waals surface area contributed by atoms with Crippen molar-refractivity contribution in [3.05, 3.63) is 24.3 Å². The predicted octanol–water partition coefficient (Wildman–Crippen LogP) is 1.28. The molecule has 1 aromatic rings. The Hall–Kier alpha value is -1.96. The van der Waals surface area contributed by atoms with E-state index in [0.29, 0.717) is 31.9 Å². The zero-order chi connectivity index (χ0) is 15.5. The highest BCUT2D eigenvalue weighted by atomic mass is 19.4. The van der Waals surface area contributed by atoms with E-state index in [0.717, 1.165) is 5.69 Å². The minimum atomic E-state index is -4.13. The van der Waals surface area contributed by atoms with Crippen molar-refractivity contribution in [3.8, 4) is 0 Å². The van der Waals surface area contributed by atoms with Gasteiger partial charge in [-0.2, -0.15) is 13.2 Å². The number of alkyl halides is 3. The Morgan fingerprint density at radius 3 is 2.10 bits per heavy atom. The monoisotopic (exact) mass is 301 g/mol. The molecule has 1 aliphatic heterocycles. The second-order valence-corrected chi connectivity index (χ2v) is 4.93. The molecular formula is C13H18F3N5. The van der Waals surface area contributed by atoms with Crippen molar-refractivity contribution in [2.75, 3.05) is 37.6 Å². The average molecular weight is 301 g/mol. The van der Waals surface area contributed by atoms with Crippen LogP contribution >= 0.6 is 0 Å². The second-order valence-electron chi connectivity index (χ2n) is 4.93. The van der Waals surface area contributed by atoms with E-state index in [1.165, 1.54) is 4.90 Å². The maximum atomic E-state index is 12.3. The summed E-state index contributed by atoms with van der Waals surface area (Å²) in [6.07, 6.45) is -4.13. The largest absolute Gasteiger partial charge is 0.401 e. The quantitative estimate of drug-likeness (QED) is 0.651. The van der Waals surface area contributed by atoms with E-state index in [1.54, 1.807) is 12.1 Å². The van der Waals surface area contributed by atoms with Crippen LogP contribution in [0.4, 0.5) is 24.5 Å². The molecule has 2 rings (SSSR count). The smallest absolute Gasteiger partial charge is 0.370 e. The Bertz CT molecular complexity index is 486. The van der Waals surface area contributed by atoms with E-state index in [1.807, 2.05) is 17.0 Å². The van der Waals surface area contributed by atoms with Gasteiger partial charge in [0.05, 0.1) is 12.2 Å². The minimum Gasteiger partial charge on any atom is -0.370 e. The van der Waals surface area contributed by atoms with Gasteiger partial charge in [0.25, 0.3) is 0 Å².